The van der Waals surface area contributed by atoms with E-state index in [0.29, 0.717) is 0 Å². The monoisotopic (exact) mass is 325 g/mol. The number of hydrogen-bond donors (Lipinski definition) is 0. The van der Waals surface area contributed by atoms with E-state index in [4.69, 9.17) is 4.74 Å². The van der Waals surface area contributed by atoms with Gasteiger partial charge in [0.25, 0.3) is 6.43 Å². The van der Waals surface area contributed by atoms with Crippen molar-refractivity contribution in [3.8, 4) is 5.69 Å². The van der Waals surface area contributed by atoms with Crippen molar-refractivity contribution in [3.05, 3.63) is 41.2 Å². The number of carbonyl (C=O) groups excluding carboxylic acids is 2. The number of hydrogen-bond acceptors (Lipinski definition) is 6. The summed E-state index contributed by atoms with van der Waals surface area (Å²) in [7, 11) is 1.24. The van der Waals surface area contributed by atoms with Crippen molar-refractivity contribution in [2.45, 2.75) is 13.3 Å². The van der Waals surface area contributed by atoms with E-state index in [1.807, 2.05) is 0 Å². The Morgan fingerprint density at radius 1 is 1.22 bits per heavy atom. The number of aromatic nitrogens is 3. The van der Waals surface area contributed by atoms with Crippen molar-refractivity contribution in [1.29, 1.82) is 0 Å². The van der Waals surface area contributed by atoms with Crippen molar-refractivity contribution in [3.63, 3.8) is 0 Å². The minimum Gasteiger partial charge on any atom is -0.465 e. The predicted molar refractivity (Wildman–Crippen MR) is 73.6 cm³/mol. The van der Waals surface area contributed by atoms with Gasteiger partial charge in [-0.2, -0.15) is 0 Å². The zero-order valence-electron chi connectivity index (χ0n) is 12.3. The van der Waals surface area contributed by atoms with Gasteiger partial charge in [-0.1, -0.05) is 5.21 Å². The van der Waals surface area contributed by atoms with Gasteiger partial charge in [0.2, 0.25) is 0 Å². The molecule has 1 heterocycles. The van der Waals surface area contributed by atoms with E-state index in [-0.39, 0.29) is 17.9 Å². The van der Waals surface area contributed by atoms with Gasteiger partial charge in [-0.25, -0.2) is 23.1 Å². The van der Waals surface area contributed by atoms with Gasteiger partial charge in [0.05, 0.1) is 25.0 Å². The maximum atomic E-state index is 13.0. The average Bonchev–Trinajstić information content (AvgIpc) is 2.99. The van der Waals surface area contributed by atoms with Crippen LogP contribution in [0.1, 0.15) is 39.9 Å². The molecular weight excluding hydrogens is 312 g/mol. The fraction of sp³-hybridized carbons (Fsp3) is 0.286. The molecular formula is C14H13F2N3O4. The fourth-order valence-electron chi connectivity index (χ4n) is 1.87. The lowest BCUT2D eigenvalue weighted by Crippen LogP contribution is -2.14. The number of rotatable bonds is 5. The lowest BCUT2D eigenvalue weighted by atomic mass is 10.2. The Balaban J connectivity index is 2.46. The van der Waals surface area contributed by atoms with Crippen LogP contribution in [0.3, 0.4) is 0 Å². The van der Waals surface area contributed by atoms with E-state index in [1.54, 1.807) is 6.92 Å². The Morgan fingerprint density at radius 3 is 2.39 bits per heavy atom. The van der Waals surface area contributed by atoms with E-state index in [0.717, 1.165) is 4.68 Å². The number of ether oxygens (including phenoxy) is 2. The van der Waals surface area contributed by atoms with Crippen LogP contribution in [0.2, 0.25) is 0 Å². The minimum absolute atomic E-state index is 0.0218. The topological polar surface area (TPSA) is 83.3 Å². The SMILES string of the molecule is CCOC(=O)c1c(C(F)F)nnn1-c1ccc(C(=O)OC)cc1. The molecule has 0 aliphatic carbocycles. The Labute approximate surface area is 129 Å². The van der Waals surface area contributed by atoms with Gasteiger partial charge in [0.1, 0.15) is 0 Å². The summed E-state index contributed by atoms with van der Waals surface area (Å²) >= 11 is 0. The molecule has 0 unspecified atom stereocenters. The molecule has 0 fully saturated rings. The molecule has 0 spiro atoms. The molecule has 1 aromatic carbocycles. The minimum atomic E-state index is -2.97. The largest absolute Gasteiger partial charge is 0.465 e. The van der Waals surface area contributed by atoms with Crippen LogP contribution in [0, 0.1) is 0 Å². The summed E-state index contributed by atoms with van der Waals surface area (Å²) in [5.74, 6) is -1.50. The maximum absolute atomic E-state index is 13.0. The second-order valence-corrected chi connectivity index (χ2v) is 4.29. The first-order valence-electron chi connectivity index (χ1n) is 6.59. The summed E-state index contributed by atoms with van der Waals surface area (Å²) in [6, 6.07) is 5.69. The van der Waals surface area contributed by atoms with Crippen LogP contribution < -0.4 is 0 Å². The number of halogens is 2. The molecule has 0 saturated heterocycles. The molecule has 0 atom stereocenters. The first-order valence-corrected chi connectivity index (χ1v) is 6.59. The van der Waals surface area contributed by atoms with Crippen LogP contribution in [0.5, 0.6) is 0 Å². The maximum Gasteiger partial charge on any atom is 0.359 e. The molecule has 0 aliphatic rings. The number of benzene rings is 1. The van der Waals surface area contributed by atoms with E-state index >= 15 is 0 Å². The first-order chi connectivity index (χ1) is 11.0. The molecule has 2 rings (SSSR count). The third-order valence-electron chi connectivity index (χ3n) is 2.90. The van der Waals surface area contributed by atoms with E-state index in [2.05, 4.69) is 15.0 Å². The molecule has 0 N–H and O–H groups in total. The summed E-state index contributed by atoms with van der Waals surface area (Å²) < 4.78 is 36.3. The number of carbonyl (C=O) groups is 2. The van der Waals surface area contributed by atoms with Crippen molar-refractivity contribution in [2.75, 3.05) is 13.7 Å². The van der Waals surface area contributed by atoms with Crippen molar-refractivity contribution in [1.82, 2.24) is 15.0 Å². The Kier molecular flexibility index (Phi) is 4.99. The summed E-state index contributed by atoms with van der Waals surface area (Å²) in [4.78, 5) is 23.3. The standard InChI is InChI=1S/C14H13F2N3O4/c1-3-23-14(21)11-10(12(15)16)17-18-19(11)9-6-4-8(5-7-9)13(20)22-2/h4-7,12H,3H2,1-2H3. The molecule has 0 saturated carbocycles. The molecule has 7 nitrogen and oxygen atoms in total. The molecule has 122 valence electrons. The van der Waals surface area contributed by atoms with Crippen LogP contribution in [0.25, 0.3) is 5.69 Å². The zero-order valence-corrected chi connectivity index (χ0v) is 12.3. The molecule has 2 aromatic rings. The van der Waals surface area contributed by atoms with Gasteiger partial charge in [-0.15, -0.1) is 5.10 Å². The highest BCUT2D eigenvalue weighted by Gasteiger charge is 2.28. The molecule has 9 heteroatoms. The zero-order chi connectivity index (χ0) is 17.0. The number of nitrogens with zero attached hydrogens (tertiary/aromatic N) is 3. The normalized spacial score (nSPS) is 10.7. The third-order valence-corrected chi connectivity index (χ3v) is 2.90. The number of methoxy groups -OCH3 is 1. The van der Waals surface area contributed by atoms with Crippen LogP contribution in [-0.4, -0.2) is 40.6 Å². The van der Waals surface area contributed by atoms with Crippen molar-refractivity contribution in [2.24, 2.45) is 0 Å². The van der Waals surface area contributed by atoms with Gasteiger partial charge in [-0.3, -0.25) is 0 Å². The second-order valence-electron chi connectivity index (χ2n) is 4.29. The van der Waals surface area contributed by atoms with Gasteiger partial charge in [0.15, 0.2) is 11.4 Å². The van der Waals surface area contributed by atoms with Crippen LogP contribution in [0.4, 0.5) is 8.78 Å². The van der Waals surface area contributed by atoms with Gasteiger partial charge < -0.3 is 9.47 Å². The van der Waals surface area contributed by atoms with Crippen LogP contribution in [0.15, 0.2) is 24.3 Å². The lowest BCUT2D eigenvalue weighted by Gasteiger charge is -2.08. The molecule has 0 bridgehead atoms. The highest BCUT2D eigenvalue weighted by Crippen LogP contribution is 2.23. The average molecular weight is 325 g/mol. The second kappa shape index (κ2) is 6.95. The van der Waals surface area contributed by atoms with Gasteiger partial charge in [-0.05, 0) is 31.2 Å². The molecule has 0 aliphatic heterocycles. The fourth-order valence-corrected chi connectivity index (χ4v) is 1.87. The molecule has 0 amide bonds. The molecule has 23 heavy (non-hydrogen) atoms. The summed E-state index contributed by atoms with van der Waals surface area (Å²) in [6.07, 6.45) is -2.97. The lowest BCUT2D eigenvalue weighted by molar-refractivity contribution is 0.0503. The van der Waals surface area contributed by atoms with E-state index in [9.17, 15) is 18.4 Å². The molecule has 0 radical (unpaired) electrons. The number of esters is 2. The highest BCUT2D eigenvalue weighted by atomic mass is 19.3. The van der Waals surface area contributed by atoms with Crippen LogP contribution >= 0.6 is 0 Å². The van der Waals surface area contributed by atoms with Crippen LogP contribution in [-0.2, 0) is 9.47 Å². The predicted octanol–water partition coefficient (Wildman–Crippen LogP) is 2.17. The van der Waals surface area contributed by atoms with Crippen molar-refractivity contribution < 1.29 is 27.8 Å². The summed E-state index contributed by atoms with van der Waals surface area (Å²) in [6.45, 7) is 1.58. The van der Waals surface area contributed by atoms with E-state index < -0.39 is 29.8 Å². The van der Waals surface area contributed by atoms with Gasteiger partial charge >= 0.3 is 11.9 Å². The van der Waals surface area contributed by atoms with Crippen molar-refractivity contribution >= 4 is 11.9 Å². The Bertz CT molecular complexity index is 713. The Hall–Kier alpha value is -2.84. The number of alkyl halides is 2. The highest BCUT2D eigenvalue weighted by molar-refractivity contribution is 5.90. The molecule has 1 aromatic heterocycles. The Morgan fingerprint density at radius 2 is 1.87 bits per heavy atom. The van der Waals surface area contributed by atoms with Gasteiger partial charge in [0, 0.05) is 0 Å². The quantitative estimate of drug-likeness (QED) is 0.784. The summed E-state index contributed by atoms with van der Waals surface area (Å²) in [5.41, 5.74) is -0.670. The third kappa shape index (κ3) is 3.33. The summed E-state index contributed by atoms with van der Waals surface area (Å²) in [5, 5.41) is 6.91. The smallest absolute Gasteiger partial charge is 0.359 e. The first kappa shape index (κ1) is 16.5. The van der Waals surface area contributed by atoms with E-state index in [1.165, 1.54) is 31.4 Å².